The standard InChI is InChI=1S/C10H17N3O/c11-8-3-1-2-4-9(8)14-7-10-12-5-6-13-10/h5-6,8-9H,1-4,7,11H2,(H,12,13). The number of ether oxygens (including phenoxy) is 1. The molecular weight excluding hydrogens is 178 g/mol. The van der Waals surface area contributed by atoms with Gasteiger partial charge in [0, 0.05) is 18.4 Å². The fourth-order valence-corrected chi connectivity index (χ4v) is 1.90. The van der Waals surface area contributed by atoms with Crippen LogP contribution in [0.3, 0.4) is 0 Å². The van der Waals surface area contributed by atoms with Crippen molar-refractivity contribution in [3.63, 3.8) is 0 Å². The number of hydrogen-bond acceptors (Lipinski definition) is 3. The summed E-state index contributed by atoms with van der Waals surface area (Å²) >= 11 is 0. The zero-order valence-corrected chi connectivity index (χ0v) is 8.28. The second-order valence-corrected chi connectivity index (χ2v) is 3.83. The third-order valence-electron chi connectivity index (χ3n) is 2.74. The largest absolute Gasteiger partial charge is 0.369 e. The number of nitrogens with two attached hydrogens (primary N) is 1. The van der Waals surface area contributed by atoms with Crippen molar-refractivity contribution in [3.8, 4) is 0 Å². The van der Waals surface area contributed by atoms with Crippen LogP contribution in [0.1, 0.15) is 31.5 Å². The molecule has 0 saturated heterocycles. The van der Waals surface area contributed by atoms with Gasteiger partial charge in [0.25, 0.3) is 0 Å². The van der Waals surface area contributed by atoms with Crippen LogP contribution in [0.25, 0.3) is 0 Å². The number of aromatic nitrogens is 2. The topological polar surface area (TPSA) is 63.9 Å². The summed E-state index contributed by atoms with van der Waals surface area (Å²) in [6, 6.07) is 0.207. The molecule has 0 bridgehead atoms. The molecule has 1 aliphatic rings. The van der Waals surface area contributed by atoms with E-state index >= 15 is 0 Å². The SMILES string of the molecule is NC1CCCCC1OCc1ncc[nH]1. The number of H-pyrrole nitrogens is 1. The van der Waals surface area contributed by atoms with E-state index in [1.54, 1.807) is 12.4 Å². The first-order valence-corrected chi connectivity index (χ1v) is 5.21. The van der Waals surface area contributed by atoms with E-state index in [2.05, 4.69) is 9.97 Å². The van der Waals surface area contributed by atoms with Gasteiger partial charge >= 0.3 is 0 Å². The molecule has 4 heteroatoms. The summed E-state index contributed by atoms with van der Waals surface area (Å²) in [5.74, 6) is 0.878. The summed E-state index contributed by atoms with van der Waals surface area (Å²) in [4.78, 5) is 7.12. The highest BCUT2D eigenvalue weighted by molar-refractivity contribution is 4.85. The van der Waals surface area contributed by atoms with Crippen molar-refractivity contribution < 1.29 is 4.74 Å². The third kappa shape index (κ3) is 2.33. The van der Waals surface area contributed by atoms with Crippen LogP contribution in [0, 0.1) is 0 Å². The summed E-state index contributed by atoms with van der Waals surface area (Å²) in [6.07, 6.45) is 8.40. The molecule has 0 radical (unpaired) electrons. The molecule has 4 nitrogen and oxygen atoms in total. The first-order valence-electron chi connectivity index (χ1n) is 5.21. The van der Waals surface area contributed by atoms with E-state index < -0.39 is 0 Å². The Labute approximate surface area is 83.9 Å². The molecule has 1 aliphatic carbocycles. The quantitative estimate of drug-likeness (QED) is 0.761. The summed E-state index contributed by atoms with van der Waals surface area (Å²) in [5, 5.41) is 0. The summed E-state index contributed by atoms with van der Waals surface area (Å²) in [6.45, 7) is 0.547. The number of imidazole rings is 1. The zero-order valence-electron chi connectivity index (χ0n) is 8.28. The van der Waals surface area contributed by atoms with Gasteiger partial charge in [0.1, 0.15) is 12.4 Å². The minimum absolute atomic E-state index is 0.207. The summed E-state index contributed by atoms with van der Waals surface area (Å²) in [5.41, 5.74) is 5.96. The lowest BCUT2D eigenvalue weighted by Crippen LogP contribution is -2.39. The molecule has 78 valence electrons. The van der Waals surface area contributed by atoms with Crippen LogP contribution >= 0.6 is 0 Å². The summed E-state index contributed by atoms with van der Waals surface area (Å²) in [7, 11) is 0. The molecule has 1 saturated carbocycles. The number of nitrogens with zero attached hydrogens (tertiary/aromatic N) is 1. The van der Waals surface area contributed by atoms with Crippen molar-refractivity contribution in [1.29, 1.82) is 0 Å². The average Bonchev–Trinajstić information content (AvgIpc) is 2.69. The van der Waals surface area contributed by atoms with Crippen molar-refractivity contribution in [2.24, 2.45) is 5.73 Å². The van der Waals surface area contributed by atoms with Gasteiger partial charge in [0.15, 0.2) is 0 Å². The molecule has 14 heavy (non-hydrogen) atoms. The van der Waals surface area contributed by atoms with Crippen LogP contribution in [0.4, 0.5) is 0 Å². The second kappa shape index (κ2) is 4.57. The van der Waals surface area contributed by atoms with Crippen molar-refractivity contribution in [1.82, 2.24) is 9.97 Å². The third-order valence-corrected chi connectivity index (χ3v) is 2.74. The Hall–Kier alpha value is -0.870. The van der Waals surface area contributed by atoms with E-state index in [0.29, 0.717) is 6.61 Å². The average molecular weight is 195 g/mol. The lowest BCUT2D eigenvalue weighted by molar-refractivity contribution is 0.00125. The number of aromatic amines is 1. The van der Waals surface area contributed by atoms with Crippen LogP contribution in [0.5, 0.6) is 0 Å². The monoisotopic (exact) mass is 195 g/mol. The van der Waals surface area contributed by atoms with Gasteiger partial charge in [0.2, 0.25) is 0 Å². The molecule has 0 aromatic carbocycles. The fraction of sp³-hybridized carbons (Fsp3) is 0.700. The van der Waals surface area contributed by atoms with Crippen molar-refractivity contribution in [2.45, 2.75) is 44.4 Å². The summed E-state index contributed by atoms with van der Waals surface area (Å²) < 4.78 is 5.72. The molecule has 2 atom stereocenters. The first kappa shape index (κ1) is 9.68. The van der Waals surface area contributed by atoms with E-state index in [1.807, 2.05) is 0 Å². The molecule has 3 N–H and O–H groups in total. The lowest BCUT2D eigenvalue weighted by Gasteiger charge is -2.28. The van der Waals surface area contributed by atoms with Gasteiger partial charge in [-0.2, -0.15) is 0 Å². The van der Waals surface area contributed by atoms with Crippen molar-refractivity contribution in [2.75, 3.05) is 0 Å². The maximum atomic E-state index is 5.96. The van der Waals surface area contributed by atoms with Gasteiger partial charge in [-0.05, 0) is 12.8 Å². The highest BCUT2D eigenvalue weighted by atomic mass is 16.5. The van der Waals surface area contributed by atoms with Gasteiger partial charge in [0.05, 0.1) is 6.10 Å². The molecule has 1 heterocycles. The maximum Gasteiger partial charge on any atom is 0.132 e. The van der Waals surface area contributed by atoms with E-state index in [4.69, 9.17) is 10.5 Å². The number of rotatable bonds is 3. The van der Waals surface area contributed by atoms with Crippen LogP contribution in [0.15, 0.2) is 12.4 Å². The molecular formula is C10H17N3O. The molecule has 2 rings (SSSR count). The molecule has 2 unspecified atom stereocenters. The van der Waals surface area contributed by atoms with Gasteiger partial charge in [-0.1, -0.05) is 12.8 Å². The highest BCUT2D eigenvalue weighted by Gasteiger charge is 2.22. The fourth-order valence-electron chi connectivity index (χ4n) is 1.90. The predicted octanol–water partition coefficient (Wildman–Crippen LogP) is 1.20. The molecule has 1 aromatic rings. The Balaban J connectivity index is 1.79. The number of nitrogens with one attached hydrogen (secondary N) is 1. The second-order valence-electron chi connectivity index (χ2n) is 3.83. The van der Waals surface area contributed by atoms with Gasteiger partial charge in [-0.3, -0.25) is 0 Å². The molecule has 0 spiro atoms. The molecule has 0 amide bonds. The minimum Gasteiger partial charge on any atom is -0.369 e. The zero-order chi connectivity index (χ0) is 9.80. The smallest absolute Gasteiger partial charge is 0.132 e. The number of hydrogen-bond donors (Lipinski definition) is 2. The van der Waals surface area contributed by atoms with Crippen LogP contribution in [-0.2, 0) is 11.3 Å². The van der Waals surface area contributed by atoms with E-state index in [0.717, 1.165) is 18.7 Å². The van der Waals surface area contributed by atoms with Gasteiger partial charge in [-0.25, -0.2) is 4.98 Å². The first-order chi connectivity index (χ1) is 6.86. The lowest BCUT2D eigenvalue weighted by atomic mass is 9.93. The van der Waals surface area contributed by atoms with E-state index in [9.17, 15) is 0 Å². The maximum absolute atomic E-state index is 5.96. The van der Waals surface area contributed by atoms with Crippen molar-refractivity contribution in [3.05, 3.63) is 18.2 Å². The van der Waals surface area contributed by atoms with E-state index in [1.165, 1.54) is 12.8 Å². The van der Waals surface area contributed by atoms with Gasteiger partial charge in [-0.15, -0.1) is 0 Å². The minimum atomic E-state index is 0.207. The van der Waals surface area contributed by atoms with Crippen LogP contribution < -0.4 is 5.73 Å². The Bertz CT molecular complexity index is 260. The van der Waals surface area contributed by atoms with Crippen LogP contribution in [0.2, 0.25) is 0 Å². The predicted molar refractivity (Wildman–Crippen MR) is 53.6 cm³/mol. The Morgan fingerprint density at radius 2 is 2.36 bits per heavy atom. The van der Waals surface area contributed by atoms with Crippen LogP contribution in [-0.4, -0.2) is 22.1 Å². The normalized spacial score (nSPS) is 27.8. The Morgan fingerprint density at radius 3 is 3.07 bits per heavy atom. The molecule has 1 aromatic heterocycles. The van der Waals surface area contributed by atoms with E-state index in [-0.39, 0.29) is 12.1 Å². The molecule has 0 aliphatic heterocycles. The molecule has 1 fully saturated rings. The Morgan fingerprint density at radius 1 is 1.50 bits per heavy atom. The van der Waals surface area contributed by atoms with Crippen molar-refractivity contribution >= 4 is 0 Å². The Kier molecular flexibility index (Phi) is 3.16. The highest BCUT2D eigenvalue weighted by Crippen LogP contribution is 2.20. The van der Waals surface area contributed by atoms with Gasteiger partial charge < -0.3 is 15.5 Å².